The van der Waals surface area contributed by atoms with Gasteiger partial charge in [0.05, 0.1) is 18.7 Å². The topological polar surface area (TPSA) is 155 Å². The van der Waals surface area contributed by atoms with Gasteiger partial charge in [-0.3, -0.25) is 9.69 Å². The maximum absolute atomic E-state index is 13.4. The Morgan fingerprint density at radius 2 is 1.36 bits per heavy atom. The molecule has 0 bridgehead atoms. The van der Waals surface area contributed by atoms with Gasteiger partial charge < -0.3 is 30.3 Å². The molecule has 16 nitrogen and oxygen atoms in total. The summed E-state index contributed by atoms with van der Waals surface area (Å²) in [5, 5.41) is 39.7. The van der Waals surface area contributed by atoms with E-state index in [1.54, 1.807) is 16.7 Å². The van der Waals surface area contributed by atoms with Crippen molar-refractivity contribution in [3.8, 4) is 6.01 Å². The summed E-state index contributed by atoms with van der Waals surface area (Å²) in [6.45, 7) is 16.1. The third-order valence-electron chi connectivity index (χ3n) is 11.3. The van der Waals surface area contributed by atoms with E-state index in [4.69, 9.17) is 4.74 Å². The lowest BCUT2D eigenvalue weighted by molar-refractivity contribution is -0.127. The number of benzene rings is 3. The van der Waals surface area contributed by atoms with E-state index in [1.807, 2.05) is 85.6 Å². The number of nitrogens with one attached hydrogen (secondary N) is 2. The van der Waals surface area contributed by atoms with E-state index in [-0.39, 0.29) is 18.1 Å². The Kier molecular flexibility index (Phi) is 14.6. The summed E-state index contributed by atoms with van der Waals surface area (Å²) < 4.78 is 7.30. The standard InChI is InChI=1S/C25H33N7O.C17H26N6O2/c1-4-30-21(2)31(28-27-30)20-19-29-17-15-25(16-18-29,24(33)26-3)32(22-11-7-5-8-12-22)23-13-9-6-10-14-23;1-2-23-16(19-20-21-23)25-13-12-22-10-8-17(14-24,9-11-22)18-15-6-4-3-5-7-15/h5-14H,2,4,15-20H2,1,3H3,(H,26,33);3-7,18,24H,2,8-14H2,1H3. The van der Waals surface area contributed by atoms with Crippen LogP contribution in [0.1, 0.15) is 39.5 Å². The van der Waals surface area contributed by atoms with Crippen molar-refractivity contribution >= 4 is 23.0 Å². The molecular weight excluding hydrogens is 735 g/mol. The molecule has 1 aromatic heterocycles. The van der Waals surface area contributed by atoms with Crippen LogP contribution in [-0.4, -0.2) is 135 Å². The van der Waals surface area contributed by atoms with E-state index in [0.29, 0.717) is 19.2 Å². The number of carbonyl (C=O) groups excluding carboxylic acids is 1. The first-order chi connectivity index (χ1) is 28.3. The van der Waals surface area contributed by atoms with Crippen LogP contribution in [-0.2, 0) is 11.3 Å². The highest BCUT2D eigenvalue weighted by Crippen LogP contribution is 2.40. The van der Waals surface area contributed by atoms with Crippen LogP contribution in [0.25, 0.3) is 0 Å². The van der Waals surface area contributed by atoms with Crippen molar-refractivity contribution in [2.75, 3.05) is 82.8 Å². The number of carbonyl (C=O) groups is 1. The number of aromatic nitrogens is 4. The van der Waals surface area contributed by atoms with Crippen LogP contribution in [0.5, 0.6) is 6.01 Å². The zero-order chi connectivity index (χ0) is 40.8. The van der Waals surface area contributed by atoms with Gasteiger partial charge in [-0.2, -0.15) is 4.68 Å². The normalized spacial score (nSPS) is 17.7. The zero-order valence-corrected chi connectivity index (χ0v) is 34.2. The molecule has 4 heterocycles. The minimum atomic E-state index is -0.663. The van der Waals surface area contributed by atoms with Crippen LogP contribution in [0.3, 0.4) is 0 Å². The van der Waals surface area contributed by atoms with Crippen LogP contribution >= 0.6 is 0 Å². The fourth-order valence-electron chi connectivity index (χ4n) is 7.84. The number of anilines is 3. The maximum Gasteiger partial charge on any atom is 0.335 e. The van der Waals surface area contributed by atoms with Gasteiger partial charge in [0.15, 0.2) is 0 Å². The van der Waals surface area contributed by atoms with Gasteiger partial charge in [0.1, 0.15) is 18.0 Å². The molecule has 16 heteroatoms. The van der Waals surface area contributed by atoms with Crippen molar-refractivity contribution < 1.29 is 14.6 Å². The highest BCUT2D eigenvalue weighted by atomic mass is 16.5. The number of ether oxygens (including phenoxy) is 1. The number of tetrazole rings is 1. The van der Waals surface area contributed by atoms with Crippen molar-refractivity contribution in [1.82, 2.24) is 45.3 Å². The molecule has 2 fully saturated rings. The molecule has 58 heavy (non-hydrogen) atoms. The van der Waals surface area contributed by atoms with Gasteiger partial charge in [-0.05, 0) is 96.8 Å². The van der Waals surface area contributed by atoms with E-state index < -0.39 is 5.54 Å². The quantitative estimate of drug-likeness (QED) is 0.143. The number of para-hydroxylation sites is 3. The van der Waals surface area contributed by atoms with E-state index in [9.17, 15) is 9.90 Å². The average Bonchev–Trinajstić information content (AvgIpc) is 3.90. The number of hydrogen-bond acceptors (Lipinski definition) is 14. The Morgan fingerprint density at radius 3 is 1.91 bits per heavy atom. The number of aryl methyl sites for hydroxylation is 1. The second kappa shape index (κ2) is 20.2. The summed E-state index contributed by atoms with van der Waals surface area (Å²) in [4.78, 5) is 20.4. The minimum absolute atomic E-state index is 0.0511. The second-order valence-corrected chi connectivity index (χ2v) is 14.8. The molecular formula is C42H59N13O3. The molecule has 1 amide bonds. The Balaban J connectivity index is 0.000000203. The van der Waals surface area contributed by atoms with Crippen LogP contribution in [0, 0.1) is 0 Å². The van der Waals surface area contributed by atoms with Crippen molar-refractivity contribution in [2.24, 2.45) is 10.4 Å². The number of nitrogens with zero attached hydrogens (tertiary/aromatic N) is 11. The molecule has 7 rings (SSSR count). The number of piperidine rings is 2. The molecule has 3 aromatic carbocycles. The summed E-state index contributed by atoms with van der Waals surface area (Å²) >= 11 is 0. The molecule has 0 radical (unpaired) electrons. The molecule has 0 saturated carbocycles. The first kappa shape index (κ1) is 42.0. The molecule has 310 valence electrons. The fraction of sp³-hybridized carbons (Fsp3) is 0.476. The van der Waals surface area contributed by atoms with Gasteiger partial charge in [0.2, 0.25) is 5.91 Å². The zero-order valence-electron chi connectivity index (χ0n) is 34.2. The number of rotatable bonds is 16. The van der Waals surface area contributed by atoms with Gasteiger partial charge in [-0.15, -0.1) is 0 Å². The van der Waals surface area contributed by atoms with Gasteiger partial charge in [0.25, 0.3) is 0 Å². The number of likely N-dealkylation sites (tertiary alicyclic amines) is 2. The largest absolute Gasteiger partial charge is 0.461 e. The molecule has 0 spiro atoms. The highest BCUT2D eigenvalue weighted by molar-refractivity contribution is 5.93. The van der Waals surface area contributed by atoms with Gasteiger partial charge in [-0.1, -0.05) is 66.3 Å². The van der Waals surface area contributed by atoms with Gasteiger partial charge in [-0.25, -0.2) is 10.0 Å². The smallest absolute Gasteiger partial charge is 0.335 e. The minimum Gasteiger partial charge on any atom is -0.461 e. The summed E-state index contributed by atoms with van der Waals surface area (Å²) in [6, 6.07) is 31.0. The van der Waals surface area contributed by atoms with Crippen molar-refractivity contribution in [1.29, 1.82) is 0 Å². The van der Waals surface area contributed by atoms with Gasteiger partial charge in [0, 0.05) is 76.5 Å². The first-order valence-electron chi connectivity index (χ1n) is 20.4. The summed E-state index contributed by atoms with van der Waals surface area (Å²) in [6.07, 6.45) is 3.23. The monoisotopic (exact) mass is 793 g/mol. The second-order valence-electron chi connectivity index (χ2n) is 14.8. The number of likely N-dealkylation sites (N-methyl/N-ethyl adjacent to an activating group) is 1. The van der Waals surface area contributed by atoms with Crippen molar-refractivity contribution in [3.05, 3.63) is 103 Å². The highest BCUT2D eigenvalue weighted by Gasteiger charge is 2.47. The van der Waals surface area contributed by atoms with E-state index in [0.717, 1.165) is 101 Å². The maximum atomic E-state index is 13.4. The molecule has 0 aliphatic carbocycles. The van der Waals surface area contributed by atoms with Crippen molar-refractivity contribution in [2.45, 2.75) is 57.2 Å². The lowest BCUT2D eigenvalue weighted by Gasteiger charge is -2.48. The Bertz CT molecular complexity index is 1840. The molecule has 3 aliphatic heterocycles. The van der Waals surface area contributed by atoms with Crippen LogP contribution in [0.15, 0.2) is 114 Å². The predicted octanol–water partition coefficient (Wildman–Crippen LogP) is 4.81. The fourth-order valence-corrected chi connectivity index (χ4v) is 7.84. The number of amides is 1. The Morgan fingerprint density at radius 1 is 0.793 bits per heavy atom. The van der Waals surface area contributed by atoms with E-state index in [2.05, 4.69) is 82.1 Å². The molecule has 4 aromatic rings. The van der Waals surface area contributed by atoms with Crippen LogP contribution < -0.4 is 20.3 Å². The Labute approximate surface area is 342 Å². The molecule has 3 N–H and O–H groups in total. The third kappa shape index (κ3) is 10.1. The average molecular weight is 794 g/mol. The van der Waals surface area contributed by atoms with Crippen LogP contribution in [0.4, 0.5) is 17.1 Å². The summed E-state index contributed by atoms with van der Waals surface area (Å²) in [7, 11) is 1.73. The SMILES string of the molecule is C=C1N(CC)N=NN1CCN1CCC(C(=O)NC)(N(c2ccccc2)c2ccccc2)CC1.CCn1nnnc1OCCN1CCC(CO)(Nc2ccccc2)CC1. The molecule has 0 unspecified atom stereocenters. The molecule has 2 saturated heterocycles. The third-order valence-corrected chi connectivity index (χ3v) is 11.3. The first-order valence-corrected chi connectivity index (χ1v) is 20.4. The number of hydrogen-bond donors (Lipinski definition) is 3. The van der Waals surface area contributed by atoms with E-state index >= 15 is 0 Å². The van der Waals surface area contributed by atoms with E-state index in [1.165, 1.54) is 0 Å². The number of aliphatic hydroxyl groups is 1. The van der Waals surface area contributed by atoms with Gasteiger partial charge >= 0.3 is 6.01 Å². The van der Waals surface area contributed by atoms with Crippen molar-refractivity contribution in [3.63, 3.8) is 0 Å². The molecule has 0 atom stereocenters. The molecule has 3 aliphatic rings. The lowest BCUT2D eigenvalue weighted by atomic mass is 9.83. The Hall–Kier alpha value is -5.58. The van der Waals surface area contributed by atoms with Crippen LogP contribution in [0.2, 0.25) is 0 Å². The summed E-state index contributed by atoms with van der Waals surface area (Å²) in [5.74, 6) is 0.865. The lowest BCUT2D eigenvalue weighted by Crippen LogP contribution is -2.62. The summed E-state index contributed by atoms with van der Waals surface area (Å²) in [5.41, 5.74) is 2.19. The predicted molar refractivity (Wildman–Crippen MR) is 225 cm³/mol. The number of aliphatic hydroxyl groups excluding tert-OH is 1.